The summed E-state index contributed by atoms with van der Waals surface area (Å²) in [5.41, 5.74) is 7.85. The number of nitrogens with zero attached hydrogens (tertiary/aromatic N) is 4. The van der Waals surface area contributed by atoms with Crippen LogP contribution in [0.5, 0.6) is 5.75 Å². The Morgan fingerprint density at radius 2 is 1.92 bits per heavy atom. The van der Waals surface area contributed by atoms with E-state index in [0.29, 0.717) is 6.54 Å². The number of hydrogen-bond acceptors (Lipinski definition) is 6. The van der Waals surface area contributed by atoms with E-state index in [1.54, 1.807) is 11.6 Å². The van der Waals surface area contributed by atoms with Crippen LogP contribution in [-0.4, -0.2) is 33.5 Å². The molecular formula is C18H24N6O. The number of nitrogens with two attached hydrogens (primary N) is 1. The Balaban J connectivity index is 1.79. The van der Waals surface area contributed by atoms with Gasteiger partial charge in [-0.2, -0.15) is 4.52 Å². The van der Waals surface area contributed by atoms with Crippen molar-refractivity contribution in [3.05, 3.63) is 47.8 Å². The van der Waals surface area contributed by atoms with Crippen molar-refractivity contribution in [1.29, 1.82) is 0 Å². The molecule has 0 aliphatic heterocycles. The Bertz CT molecular complexity index is 867. The zero-order chi connectivity index (χ0) is 18.0. The molecule has 0 fully saturated rings. The molecule has 2 aromatic heterocycles. The second kappa shape index (κ2) is 6.68. The van der Waals surface area contributed by atoms with E-state index in [2.05, 4.69) is 41.4 Å². The second-order valence-electron chi connectivity index (χ2n) is 6.99. The largest absolute Gasteiger partial charge is 0.496 e. The van der Waals surface area contributed by atoms with E-state index in [1.165, 1.54) is 0 Å². The van der Waals surface area contributed by atoms with Gasteiger partial charge >= 0.3 is 0 Å². The van der Waals surface area contributed by atoms with Crippen molar-refractivity contribution in [2.24, 2.45) is 5.73 Å². The van der Waals surface area contributed by atoms with Gasteiger partial charge in [0.05, 0.1) is 13.2 Å². The highest BCUT2D eigenvalue weighted by Crippen LogP contribution is 2.24. The van der Waals surface area contributed by atoms with Gasteiger partial charge in [-0.15, -0.1) is 15.3 Å². The lowest BCUT2D eigenvalue weighted by atomic mass is 9.96. The molecule has 0 spiro atoms. The second-order valence-corrected chi connectivity index (χ2v) is 6.99. The first-order chi connectivity index (χ1) is 11.9. The van der Waals surface area contributed by atoms with Gasteiger partial charge in [0.1, 0.15) is 11.6 Å². The minimum Gasteiger partial charge on any atom is -0.496 e. The van der Waals surface area contributed by atoms with Gasteiger partial charge in [-0.1, -0.05) is 39.0 Å². The van der Waals surface area contributed by atoms with E-state index < -0.39 is 0 Å². The number of nitrogens with one attached hydrogen (secondary N) is 1. The van der Waals surface area contributed by atoms with E-state index >= 15 is 0 Å². The lowest BCUT2D eigenvalue weighted by molar-refractivity contribution is 0.406. The fourth-order valence-corrected chi connectivity index (χ4v) is 2.65. The third-order valence-corrected chi connectivity index (χ3v) is 3.98. The van der Waals surface area contributed by atoms with Crippen LogP contribution in [0.3, 0.4) is 0 Å². The van der Waals surface area contributed by atoms with Gasteiger partial charge in [0.25, 0.3) is 0 Å². The van der Waals surface area contributed by atoms with E-state index in [1.807, 2.05) is 36.4 Å². The molecule has 0 radical (unpaired) electrons. The Hall–Kier alpha value is -2.67. The summed E-state index contributed by atoms with van der Waals surface area (Å²) in [6.07, 6.45) is 0. The predicted molar refractivity (Wildman–Crippen MR) is 97.9 cm³/mol. The van der Waals surface area contributed by atoms with Gasteiger partial charge in [0.2, 0.25) is 0 Å². The fraction of sp³-hybridized carbons (Fsp3) is 0.389. The van der Waals surface area contributed by atoms with Crippen molar-refractivity contribution in [3.63, 3.8) is 0 Å². The number of para-hydroxylation sites is 1. The monoisotopic (exact) mass is 340 g/mol. The highest BCUT2D eigenvalue weighted by molar-refractivity contribution is 5.45. The third-order valence-electron chi connectivity index (χ3n) is 3.98. The number of methoxy groups -OCH3 is 1. The number of aromatic nitrogens is 4. The smallest absolute Gasteiger partial charge is 0.178 e. The van der Waals surface area contributed by atoms with Crippen molar-refractivity contribution in [1.82, 2.24) is 19.8 Å². The zero-order valence-electron chi connectivity index (χ0n) is 15.0. The molecule has 7 nitrogen and oxygen atoms in total. The molecule has 0 amide bonds. The van der Waals surface area contributed by atoms with Crippen molar-refractivity contribution in [3.8, 4) is 5.75 Å². The number of benzene rings is 1. The standard InChI is InChI=1S/C18H24N6O/c1-18(2,3)17-22-21-16-10-9-15(23-24(16)17)20-11-13(19)12-7-5-6-8-14(12)25-4/h5-10,13H,11,19H2,1-4H3,(H,20,23). The topological polar surface area (TPSA) is 90.4 Å². The first-order valence-electron chi connectivity index (χ1n) is 8.25. The Morgan fingerprint density at radius 1 is 1.16 bits per heavy atom. The van der Waals surface area contributed by atoms with Gasteiger partial charge in [-0.3, -0.25) is 0 Å². The van der Waals surface area contributed by atoms with Crippen molar-refractivity contribution >= 4 is 11.5 Å². The maximum Gasteiger partial charge on any atom is 0.178 e. The van der Waals surface area contributed by atoms with Crippen LogP contribution in [0.4, 0.5) is 5.82 Å². The molecule has 3 rings (SSSR count). The van der Waals surface area contributed by atoms with Crippen LogP contribution in [-0.2, 0) is 5.41 Å². The maximum atomic E-state index is 6.31. The van der Waals surface area contributed by atoms with E-state index in [-0.39, 0.29) is 11.5 Å². The maximum absolute atomic E-state index is 6.31. The van der Waals surface area contributed by atoms with Crippen LogP contribution in [0.15, 0.2) is 36.4 Å². The quantitative estimate of drug-likeness (QED) is 0.742. The van der Waals surface area contributed by atoms with E-state index in [0.717, 1.165) is 28.6 Å². The minimum atomic E-state index is -0.211. The summed E-state index contributed by atoms with van der Waals surface area (Å²) < 4.78 is 7.15. The SMILES string of the molecule is COc1ccccc1C(N)CNc1ccc2nnc(C(C)(C)C)n2n1. The lowest BCUT2D eigenvalue weighted by Crippen LogP contribution is -2.22. The Labute approximate surface area is 147 Å². The average molecular weight is 340 g/mol. The molecule has 3 aromatic rings. The van der Waals surface area contributed by atoms with Crippen LogP contribution >= 0.6 is 0 Å². The number of ether oxygens (including phenoxy) is 1. The van der Waals surface area contributed by atoms with Crippen LogP contribution in [0.2, 0.25) is 0 Å². The molecule has 0 saturated carbocycles. The number of anilines is 1. The first-order valence-corrected chi connectivity index (χ1v) is 8.25. The van der Waals surface area contributed by atoms with Crippen LogP contribution in [0.25, 0.3) is 5.65 Å². The van der Waals surface area contributed by atoms with Crippen molar-refractivity contribution in [2.45, 2.75) is 32.2 Å². The van der Waals surface area contributed by atoms with Crippen LogP contribution in [0, 0.1) is 0 Å². The lowest BCUT2D eigenvalue weighted by Gasteiger charge is -2.17. The van der Waals surface area contributed by atoms with E-state index in [4.69, 9.17) is 10.5 Å². The summed E-state index contributed by atoms with van der Waals surface area (Å²) in [4.78, 5) is 0. The molecule has 0 bridgehead atoms. The molecule has 25 heavy (non-hydrogen) atoms. The highest BCUT2D eigenvalue weighted by Gasteiger charge is 2.22. The Kier molecular flexibility index (Phi) is 4.59. The molecular weight excluding hydrogens is 316 g/mol. The predicted octanol–water partition coefficient (Wildman–Crippen LogP) is 2.54. The molecule has 0 aliphatic rings. The number of hydrogen-bond donors (Lipinski definition) is 2. The van der Waals surface area contributed by atoms with Gasteiger partial charge < -0.3 is 15.8 Å². The first kappa shape index (κ1) is 17.2. The molecule has 1 unspecified atom stereocenters. The Morgan fingerprint density at radius 3 is 2.64 bits per heavy atom. The van der Waals surface area contributed by atoms with Gasteiger partial charge in [0, 0.05) is 17.5 Å². The fourth-order valence-electron chi connectivity index (χ4n) is 2.65. The number of fused-ring (bicyclic) bond motifs is 1. The summed E-state index contributed by atoms with van der Waals surface area (Å²) in [7, 11) is 1.65. The number of rotatable bonds is 5. The molecule has 132 valence electrons. The average Bonchev–Trinajstić information content (AvgIpc) is 3.03. The summed E-state index contributed by atoms with van der Waals surface area (Å²) in [5, 5.41) is 16.3. The molecule has 2 heterocycles. The summed E-state index contributed by atoms with van der Waals surface area (Å²) >= 11 is 0. The zero-order valence-corrected chi connectivity index (χ0v) is 15.0. The molecule has 1 aromatic carbocycles. The van der Waals surface area contributed by atoms with Crippen LogP contribution < -0.4 is 15.8 Å². The summed E-state index contributed by atoms with van der Waals surface area (Å²) in [5.74, 6) is 2.33. The van der Waals surface area contributed by atoms with Crippen LogP contribution in [0.1, 0.15) is 38.2 Å². The third kappa shape index (κ3) is 3.56. The minimum absolute atomic E-state index is 0.140. The molecule has 7 heteroatoms. The molecule has 1 atom stereocenters. The molecule has 0 saturated heterocycles. The van der Waals surface area contributed by atoms with Gasteiger partial charge in [-0.25, -0.2) is 0 Å². The normalized spacial score (nSPS) is 13.0. The molecule has 0 aliphatic carbocycles. The molecule has 3 N–H and O–H groups in total. The van der Waals surface area contributed by atoms with Crippen molar-refractivity contribution < 1.29 is 4.74 Å². The van der Waals surface area contributed by atoms with Gasteiger partial charge in [-0.05, 0) is 18.2 Å². The summed E-state index contributed by atoms with van der Waals surface area (Å²) in [6, 6.07) is 11.3. The summed E-state index contributed by atoms with van der Waals surface area (Å²) in [6.45, 7) is 6.79. The highest BCUT2D eigenvalue weighted by atomic mass is 16.5. The van der Waals surface area contributed by atoms with Gasteiger partial charge in [0.15, 0.2) is 11.5 Å². The van der Waals surface area contributed by atoms with E-state index in [9.17, 15) is 0 Å². The van der Waals surface area contributed by atoms with Crippen molar-refractivity contribution in [2.75, 3.05) is 19.0 Å².